The molecule has 0 bridgehead atoms. The summed E-state index contributed by atoms with van der Waals surface area (Å²) in [7, 11) is 0. The lowest BCUT2D eigenvalue weighted by Gasteiger charge is -2.25. The van der Waals surface area contributed by atoms with Gasteiger partial charge in [-0.1, -0.05) is 91.0 Å². The van der Waals surface area contributed by atoms with Crippen LogP contribution in [0, 0.1) is 11.3 Å². The third kappa shape index (κ3) is 4.57. The van der Waals surface area contributed by atoms with Crippen molar-refractivity contribution in [2.45, 2.75) is 0 Å². The third-order valence-corrected chi connectivity index (χ3v) is 6.95. The lowest BCUT2D eigenvalue weighted by atomic mass is 9.98. The molecule has 0 unspecified atom stereocenters. The van der Waals surface area contributed by atoms with Crippen molar-refractivity contribution in [1.82, 2.24) is 8.75 Å². The number of rotatable bonds is 6. The number of benzene rings is 5. The van der Waals surface area contributed by atoms with Gasteiger partial charge in [-0.05, 0) is 53.6 Å². The molecule has 0 atom stereocenters. The van der Waals surface area contributed by atoms with Crippen LogP contribution in [-0.4, -0.2) is 8.75 Å². The summed E-state index contributed by atoms with van der Waals surface area (Å²) in [4.78, 5) is 2.24. The van der Waals surface area contributed by atoms with Gasteiger partial charge in [-0.15, -0.1) is 0 Å². The van der Waals surface area contributed by atoms with E-state index in [2.05, 4.69) is 98.6 Å². The summed E-state index contributed by atoms with van der Waals surface area (Å²) in [5, 5.41) is 9.78. The minimum atomic E-state index is 0.596. The molecule has 5 aromatic carbocycles. The molecule has 1 aromatic heterocycles. The summed E-state index contributed by atoms with van der Waals surface area (Å²) in [6.07, 6.45) is 1.89. The average Bonchev–Trinajstić information content (AvgIpc) is 3.49. The van der Waals surface area contributed by atoms with E-state index in [9.17, 15) is 5.26 Å². The summed E-state index contributed by atoms with van der Waals surface area (Å²) in [6, 6.07) is 45.4. The Balaban J connectivity index is 1.38. The fraction of sp³-hybridized carbons (Fsp3) is 0. The highest BCUT2D eigenvalue weighted by Crippen LogP contribution is 2.37. The van der Waals surface area contributed by atoms with E-state index >= 15 is 0 Å². The van der Waals surface area contributed by atoms with E-state index in [4.69, 9.17) is 0 Å². The monoisotopic (exact) mass is 506 g/mol. The van der Waals surface area contributed by atoms with Gasteiger partial charge in [-0.25, -0.2) is 0 Å². The fourth-order valence-electron chi connectivity index (χ4n) is 4.58. The molecule has 1 heterocycles. The Bertz CT molecular complexity index is 1710. The molecule has 0 fully saturated rings. The number of hydrogen-bond donors (Lipinski definition) is 0. The topological polar surface area (TPSA) is 52.8 Å². The van der Waals surface area contributed by atoms with E-state index in [1.165, 1.54) is 11.7 Å². The number of nitriles is 1. The Labute approximate surface area is 225 Å². The molecular formula is C33H22N4S. The molecule has 0 N–H and O–H groups in total. The highest BCUT2D eigenvalue weighted by atomic mass is 32.1. The van der Waals surface area contributed by atoms with Crippen LogP contribution in [0.25, 0.3) is 33.8 Å². The number of aromatic nitrogens is 2. The maximum absolute atomic E-state index is 9.78. The van der Waals surface area contributed by atoms with Gasteiger partial charge in [0.2, 0.25) is 0 Å². The molecule has 0 spiro atoms. The van der Waals surface area contributed by atoms with E-state index in [1.807, 2.05) is 54.6 Å². The molecule has 0 aliphatic rings. The summed E-state index contributed by atoms with van der Waals surface area (Å²) < 4.78 is 9.20. The molecule has 0 amide bonds. The second-order valence-electron chi connectivity index (χ2n) is 8.75. The molecular weight excluding hydrogens is 484 g/mol. The number of para-hydroxylation sites is 2. The average molecular weight is 507 g/mol. The molecule has 0 radical (unpaired) electrons. The number of nitrogens with zero attached hydrogens (tertiary/aromatic N) is 4. The standard InChI is InChI=1S/C33H22N4S/c34-23-27(24-10-4-1-5-11-24)22-26-18-21-31(33-32(26)35-38-36-33)25-16-19-30(20-17-25)37(28-12-6-2-7-13-28)29-14-8-3-9-15-29/h1-22H/b27-22+. The van der Waals surface area contributed by atoms with Crippen LogP contribution in [-0.2, 0) is 0 Å². The molecule has 38 heavy (non-hydrogen) atoms. The molecule has 5 heteroatoms. The Hall–Kier alpha value is -5.05. The molecule has 6 aromatic rings. The lowest BCUT2D eigenvalue weighted by Crippen LogP contribution is -2.09. The van der Waals surface area contributed by atoms with Crippen LogP contribution in [0.1, 0.15) is 11.1 Å². The lowest BCUT2D eigenvalue weighted by molar-refractivity contribution is 1.28. The molecule has 6 rings (SSSR count). The molecule has 0 aliphatic carbocycles. The Morgan fingerprint density at radius 1 is 0.632 bits per heavy atom. The van der Waals surface area contributed by atoms with Gasteiger partial charge >= 0.3 is 0 Å². The Morgan fingerprint density at radius 2 is 1.18 bits per heavy atom. The van der Waals surface area contributed by atoms with Crippen LogP contribution >= 0.6 is 11.7 Å². The first-order valence-corrected chi connectivity index (χ1v) is 13.0. The van der Waals surface area contributed by atoms with E-state index in [-0.39, 0.29) is 0 Å². The summed E-state index contributed by atoms with van der Waals surface area (Å²) in [5.41, 5.74) is 9.34. The molecule has 0 saturated carbocycles. The SMILES string of the molecule is N#C/C(=C\c1ccc(-c2ccc(N(c3ccccc3)c3ccccc3)cc2)c2nsnc12)c1ccccc1. The fourth-order valence-corrected chi connectivity index (χ4v) is 5.16. The van der Waals surface area contributed by atoms with Crippen molar-refractivity contribution in [3.8, 4) is 17.2 Å². The highest BCUT2D eigenvalue weighted by molar-refractivity contribution is 7.00. The Kier molecular flexibility index (Phi) is 6.46. The van der Waals surface area contributed by atoms with Crippen LogP contribution in [0.5, 0.6) is 0 Å². The summed E-state index contributed by atoms with van der Waals surface area (Å²) >= 11 is 1.19. The van der Waals surface area contributed by atoms with Crippen molar-refractivity contribution in [1.29, 1.82) is 5.26 Å². The smallest absolute Gasteiger partial charge is 0.113 e. The van der Waals surface area contributed by atoms with E-state index in [1.54, 1.807) is 0 Å². The number of hydrogen-bond acceptors (Lipinski definition) is 5. The van der Waals surface area contributed by atoms with Crippen molar-refractivity contribution in [2.24, 2.45) is 0 Å². The maximum atomic E-state index is 9.78. The maximum Gasteiger partial charge on any atom is 0.113 e. The summed E-state index contributed by atoms with van der Waals surface area (Å²) in [5.74, 6) is 0. The zero-order valence-corrected chi connectivity index (χ0v) is 21.2. The van der Waals surface area contributed by atoms with Gasteiger partial charge in [0.05, 0.1) is 23.4 Å². The van der Waals surface area contributed by atoms with Crippen LogP contribution in [0.2, 0.25) is 0 Å². The zero-order chi connectivity index (χ0) is 25.7. The second-order valence-corrected chi connectivity index (χ2v) is 9.28. The van der Waals surface area contributed by atoms with Crippen molar-refractivity contribution >= 4 is 51.5 Å². The van der Waals surface area contributed by atoms with Gasteiger partial charge in [0.15, 0.2) is 0 Å². The second kappa shape index (κ2) is 10.5. The first-order chi connectivity index (χ1) is 18.8. The first-order valence-electron chi connectivity index (χ1n) is 12.2. The predicted molar refractivity (Wildman–Crippen MR) is 157 cm³/mol. The number of fused-ring (bicyclic) bond motifs is 1. The summed E-state index contributed by atoms with van der Waals surface area (Å²) in [6.45, 7) is 0. The van der Waals surface area contributed by atoms with E-state index in [0.29, 0.717) is 5.57 Å². The Morgan fingerprint density at radius 3 is 1.79 bits per heavy atom. The van der Waals surface area contributed by atoms with Crippen LogP contribution in [0.4, 0.5) is 17.1 Å². The van der Waals surface area contributed by atoms with Gasteiger partial charge in [0.1, 0.15) is 11.0 Å². The van der Waals surface area contributed by atoms with E-state index in [0.717, 1.165) is 50.3 Å². The van der Waals surface area contributed by atoms with Crippen LogP contribution < -0.4 is 4.90 Å². The zero-order valence-electron chi connectivity index (χ0n) is 20.4. The normalized spacial score (nSPS) is 11.3. The number of anilines is 3. The minimum absolute atomic E-state index is 0.596. The van der Waals surface area contributed by atoms with Crippen molar-refractivity contribution < 1.29 is 0 Å². The molecule has 0 aliphatic heterocycles. The van der Waals surface area contributed by atoms with Gasteiger partial charge in [0.25, 0.3) is 0 Å². The van der Waals surface area contributed by atoms with E-state index < -0.39 is 0 Å². The minimum Gasteiger partial charge on any atom is -0.311 e. The molecule has 4 nitrogen and oxygen atoms in total. The van der Waals surface area contributed by atoms with Crippen LogP contribution in [0.15, 0.2) is 127 Å². The third-order valence-electron chi connectivity index (χ3n) is 6.42. The van der Waals surface area contributed by atoms with Gasteiger partial charge in [-0.2, -0.15) is 14.0 Å². The van der Waals surface area contributed by atoms with Gasteiger partial charge < -0.3 is 4.90 Å². The largest absolute Gasteiger partial charge is 0.311 e. The highest BCUT2D eigenvalue weighted by Gasteiger charge is 2.15. The van der Waals surface area contributed by atoms with Crippen molar-refractivity contribution in [3.63, 3.8) is 0 Å². The first kappa shape index (κ1) is 23.4. The predicted octanol–water partition coefficient (Wildman–Crippen LogP) is 8.89. The number of allylic oxidation sites excluding steroid dienone is 1. The molecule has 180 valence electrons. The van der Waals surface area contributed by atoms with Crippen LogP contribution in [0.3, 0.4) is 0 Å². The van der Waals surface area contributed by atoms with Gasteiger partial charge in [0, 0.05) is 28.2 Å². The molecule has 0 saturated heterocycles. The van der Waals surface area contributed by atoms with Crippen molar-refractivity contribution in [3.05, 3.63) is 139 Å². The van der Waals surface area contributed by atoms with Crippen molar-refractivity contribution in [2.75, 3.05) is 4.90 Å². The quantitative estimate of drug-likeness (QED) is 0.167. The van der Waals surface area contributed by atoms with Gasteiger partial charge in [-0.3, -0.25) is 0 Å².